The van der Waals surface area contributed by atoms with Crippen LogP contribution in [-0.2, 0) is 6.54 Å². The Labute approximate surface area is 113 Å². The molecule has 1 aromatic carbocycles. The van der Waals surface area contributed by atoms with Gasteiger partial charge in [-0.25, -0.2) is 0 Å². The summed E-state index contributed by atoms with van der Waals surface area (Å²) in [5.74, 6) is -0.0845. The van der Waals surface area contributed by atoms with Crippen LogP contribution in [0.5, 0.6) is 0 Å². The zero-order valence-electron chi connectivity index (χ0n) is 11.4. The molecule has 0 aliphatic rings. The number of nitrogens with zero attached hydrogens (tertiary/aromatic N) is 1. The van der Waals surface area contributed by atoms with Crippen LogP contribution in [0.2, 0.25) is 0 Å². The third-order valence-corrected chi connectivity index (χ3v) is 3.21. The first-order valence-electron chi connectivity index (χ1n) is 6.68. The first-order chi connectivity index (χ1) is 9.13. The molecule has 4 nitrogen and oxygen atoms in total. The fraction of sp³-hybridized carbons (Fsp3) is 0.400. The lowest BCUT2D eigenvalue weighted by molar-refractivity contribution is 0.0937. The van der Waals surface area contributed by atoms with Gasteiger partial charge >= 0.3 is 0 Å². The Bertz CT molecular complexity index is 573. The van der Waals surface area contributed by atoms with Crippen molar-refractivity contribution in [1.82, 2.24) is 9.88 Å². The lowest BCUT2D eigenvalue weighted by Crippen LogP contribution is -2.28. The number of hydrogen-bond acceptors (Lipinski definition) is 2. The standard InChI is InChI=1S/C15H20N2O2/c1-3-17-13-7-5-4-6-12(13)10-14(17)15(19)16-9-8-11(2)18/h4-7,10-11,18H,3,8-9H2,1-2H3,(H,16,19). The van der Waals surface area contributed by atoms with E-state index in [9.17, 15) is 9.90 Å². The Morgan fingerprint density at radius 3 is 2.84 bits per heavy atom. The molecule has 2 aromatic rings. The molecule has 0 radical (unpaired) electrons. The number of benzene rings is 1. The van der Waals surface area contributed by atoms with Gasteiger partial charge in [0.25, 0.3) is 5.91 Å². The monoisotopic (exact) mass is 260 g/mol. The van der Waals surface area contributed by atoms with Crippen LogP contribution in [0.3, 0.4) is 0 Å². The van der Waals surface area contributed by atoms with Crippen molar-refractivity contribution in [3.63, 3.8) is 0 Å². The predicted molar refractivity (Wildman–Crippen MR) is 76.2 cm³/mol. The molecule has 19 heavy (non-hydrogen) atoms. The van der Waals surface area contributed by atoms with E-state index in [1.54, 1.807) is 6.92 Å². The molecule has 1 aromatic heterocycles. The Hall–Kier alpha value is -1.81. The minimum absolute atomic E-state index is 0.0845. The van der Waals surface area contributed by atoms with E-state index in [2.05, 4.69) is 5.32 Å². The normalized spacial score (nSPS) is 12.6. The zero-order valence-corrected chi connectivity index (χ0v) is 11.4. The molecule has 1 heterocycles. The lowest BCUT2D eigenvalue weighted by atomic mass is 10.2. The number of aliphatic hydroxyl groups is 1. The minimum atomic E-state index is -0.391. The number of hydrogen-bond donors (Lipinski definition) is 2. The summed E-state index contributed by atoms with van der Waals surface area (Å²) in [6, 6.07) is 9.89. The van der Waals surface area contributed by atoms with Gasteiger partial charge in [0.1, 0.15) is 5.69 Å². The number of amides is 1. The van der Waals surface area contributed by atoms with Gasteiger partial charge in [0, 0.05) is 24.0 Å². The maximum Gasteiger partial charge on any atom is 0.267 e. The van der Waals surface area contributed by atoms with E-state index in [1.807, 2.05) is 41.8 Å². The molecule has 0 saturated carbocycles. The fourth-order valence-electron chi connectivity index (χ4n) is 2.22. The average molecular weight is 260 g/mol. The van der Waals surface area contributed by atoms with E-state index in [0.29, 0.717) is 18.7 Å². The highest BCUT2D eigenvalue weighted by Gasteiger charge is 2.13. The van der Waals surface area contributed by atoms with Gasteiger partial charge < -0.3 is 15.0 Å². The topological polar surface area (TPSA) is 54.3 Å². The second kappa shape index (κ2) is 5.89. The number of aromatic nitrogens is 1. The molecule has 0 saturated heterocycles. The fourth-order valence-corrected chi connectivity index (χ4v) is 2.22. The summed E-state index contributed by atoms with van der Waals surface area (Å²) in [4.78, 5) is 12.2. The molecule has 0 aliphatic heterocycles. The number of fused-ring (bicyclic) bond motifs is 1. The third-order valence-electron chi connectivity index (χ3n) is 3.21. The zero-order chi connectivity index (χ0) is 13.8. The highest BCUT2D eigenvalue weighted by molar-refractivity contribution is 5.98. The smallest absolute Gasteiger partial charge is 0.267 e. The van der Waals surface area contributed by atoms with Crippen molar-refractivity contribution >= 4 is 16.8 Å². The van der Waals surface area contributed by atoms with Gasteiger partial charge in [0.05, 0.1) is 6.10 Å². The highest BCUT2D eigenvalue weighted by atomic mass is 16.3. The molecule has 1 atom stereocenters. The van der Waals surface area contributed by atoms with E-state index >= 15 is 0 Å². The number of aliphatic hydroxyl groups excluding tert-OH is 1. The van der Waals surface area contributed by atoms with Crippen LogP contribution >= 0.6 is 0 Å². The van der Waals surface area contributed by atoms with Gasteiger partial charge in [-0.3, -0.25) is 4.79 Å². The number of nitrogens with one attached hydrogen (secondary N) is 1. The van der Waals surface area contributed by atoms with Crippen LogP contribution < -0.4 is 5.32 Å². The molecule has 0 aliphatic carbocycles. The van der Waals surface area contributed by atoms with E-state index in [4.69, 9.17) is 0 Å². The van der Waals surface area contributed by atoms with Crippen molar-refractivity contribution < 1.29 is 9.90 Å². The van der Waals surface area contributed by atoms with Crippen LogP contribution in [-0.4, -0.2) is 28.2 Å². The van der Waals surface area contributed by atoms with E-state index in [-0.39, 0.29) is 5.91 Å². The Morgan fingerprint density at radius 1 is 1.42 bits per heavy atom. The predicted octanol–water partition coefficient (Wildman–Crippen LogP) is 2.16. The summed E-state index contributed by atoms with van der Waals surface area (Å²) >= 11 is 0. The average Bonchev–Trinajstić information content (AvgIpc) is 2.76. The summed E-state index contributed by atoms with van der Waals surface area (Å²) in [5, 5.41) is 13.1. The molecule has 4 heteroatoms. The number of para-hydroxylation sites is 1. The molecule has 102 valence electrons. The molecular weight excluding hydrogens is 240 g/mol. The highest BCUT2D eigenvalue weighted by Crippen LogP contribution is 2.19. The van der Waals surface area contributed by atoms with Gasteiger partial charge in [0.2, 0.25) is 0 Å². The molecule has 1 amide bonds. The number of aryl methyl sites for hydroxylation is 1. The molecule has 2 N–H and O–H groups in total. The van der Waals surface area contributed by atoms with Crippen molar-refractivity contribution in [1.29, 1.82) is 0 Å². The van der Waals surface area contributed by atoms with Crippen LogP contribution in [0.25, 0.3) is 10.9 Å². The number of carbonyl (C=O) groups excluding carboxylic acids is 1. The van der Waals surface area contributed by atoms with Crippen molar-refractivity contribution in [2.45, 2.75) is 32.9 Å². The van der Waals surface area contributed by atoms with Gasteiger partial charge in [0.15, 0.2) is 0 Å². The van der Waals surface area contributed by atoms with Crippen LogP contribution in [0.4, 0.5) is 0 Å². The van der Waals surface area contributed by atoms with Crippen molar-refractivity contribution in [3.8, 4) is 0 Å². The summed E-state index contributed by atoms with van der Waals surface area (Å²) < 4.78 is 2.01. The first kappa shape index (κ1) is 13.6. The van der Waals surface area contributed by atoms with Gasteiger partial charge in [-0.2, -0.15) is 0 Å². The number of rotatable bonds is 5. The SMILES string of the molecule is CCn1c(C(=O)NCCC(C)O)cc2ccccc21. The van der Waals surface area contributed by atoms with Gasteiger partial charge in [-0.1, -0.05) is 18.2 Å². The lowest BCUT2D eigenvalue weighted by Gasteiger charge is -2.09. The Balaban J connectivity index is 2.21. The van der Waals surface area contributed by atoms with E-state index in [1.165, 1.54) is 0 Å². The van der Waals surface area contributed by atoms with Crippen molar-refractivity contribution in [3.05, 3.63) is 36.0 Å². The number of carbonyl (C=O) groups is 1. The summed E-state index contributed by atoms with van der Waals surface area (Å²) in [6.45, 7) is 4.99. The third kappa shape index (κ3) is 2.96. The van der Waals surface area contributed by atoms with E-state index in [0.717, 1.165) is 17.4 Å². The van der Waals surface area contributed by atoms with Gasteiger partial charge in [-0.05, 0) is 32.4 Å². The summed E-state index contributed by atoms with van der Waals surface area (Å²) in [7, 11) is 0. The second-order valence-electron chi connectivity index (χ2n) is 4.73. The molecule has 1 unspecified atom stereocenters. The summed E-state index contributed by atoms with van der Waals surface area (Å²) in [5.41, 5.74) is 1.75. The van der Waals surface area contributed by atoms with Crippen molar-refractivity contribution in [2.75, 3.05) is 6.54 Å². The van der Waals surface area contributed by atoms with Crippen LogP contribution in [0.15, 0.2) is 30.3 Å². The molecule has 2 rings (SSSR count). The summed E-state index contributed by atoms with van der Waals surface area (Å²) in [6.07, 6.45) is 0.176. The van der Waals surface area contributed by atoms with Crippen molar-refractivity contribution in [2.24, 2.45) is 0 Å². The molecular formula is C15H20N2O2. The molecule has 0 fully saturated rings. The van der Waals surface area contributed by atoms with E-state index < -0.39 is 6.10 Å². The molecule has 0 spiro atoms. The second-order valence-corrected chi connectivity index (χ2v) is 4.73. The van der Waals surface area contributed by atoms with Gasteiger partial charge in [-0.15, -0.1) is 0 Å². The Kier molecular flexibility index (Phi) is 4.22. The minimum Gasteiger partial charge on any atom is -0.393 e. The quantitative estimate of drug-likeness (QED) is 0.865. The first-order valence-corrected chi connectivity index (χ1v) is 6.68. The van der Waals surface area contributed by atoms with Crippen LogP contribution in [0, 0.1) is 0 Å². The largest absolute Gasteiger partial charge is 0.393 e. The Morgan fingerprint density at radius 2 is 2.16 bits per heavy atom. The molecule has 0 bridgehead atoms. The maximum absolute atomic E-state index is 12.2. The van der Waals surface area contributed by atoms with Crippen LogP contribution in [0.1, 0.15) is 30.8 Å². The maximum atomic E-state index is 12.2.